The van der Waals surface area contributed by atoms with Crippen molar-refractivity contribution in [2.75, 3.05) is 6.61 Å². The molecule has 0 atom stereocenters. The maximum Gasteiger partial charge on any atom is 0.331 e. The molecule has 1 heterocycles. The van der Waals surface area contributed by atoms with Gasteiger partial charge in [0.2, 0.25) is 0 Å². The van der Waals surface area contributed by atoms with Crippen molar-refractivity contribution in [3.8, 4) is 0 Å². The molecular weight excluding hydrogens is 252 g/mol. The van der Waals surface area contributed by atoms with Gasteiger partial charge in [-0.15, -0.1) is 0 Å². The van der Waals surface area contributed by atoms with Crippen molar-refractivity contribution in [1.82, 2.24) is 9.13 Å². The SMILES string of the molecule is CCOC(=O)CCC(=O)Cn1c(=O)ccn(C)c1=O. The van der Waals surface area contributed by atoms with Crippen LogP contribution in [-0.2, 0) is 27.9 Å². The second-order valence-electron chi connectivity index (χ2n) is 3.98. The number of esters is 1. The molecule has 0 aliphatic heterocycles. The number of hydrogen-bond acceptors (Lipinski definition) is 5. The zero-order chi connectivity index (χ0) is 14.4. The predicted octanol–water partition coefficient (Wildman–Crippen LogP) is -0.541. The average Bonchev–Trinajstić information content (AvgIpc) is 2.37. The van der Waals surface area contributed by atoms with E-state index in [-0.39, 0.29) is 31.8 Å². The highest BCUT2D eigenvalue weighted by Crippen LogP contribution is 1.95. The molecule has 7 heteroatoms. The normalized spacial score (nSPS) is 10.2. The van der Waals surface area contributed by atoms with Gasteiger partial charge in [0, 0.05) is 25.7 Å². The summed E-state index contributed by atoms with van der Waals surface area (Å²) in [5.74, 6) is -0.831. The summed E-state index contributed by atoms with van der Waals surface area (Å²) < 4.78 is 6.73. The average molecular weight is 268 g/mol. The third-order valence-corrected chi connectivity index (χ3v) is 2.49. The maximum atomic E-state index is 11.6. The minimum absolute atomic E-state index is 0.0471. The van der Waals surface area contributed by atoms with Gasteiger partial charge in [0.1, 0.15) is 0 Å². The lowest BCUT2D eigenvalue weighted by molar-refractivity contribution is -0.144. The number of aryl methyl sites for hydroxylation is 1. The minimum atomic E-state index is -0.558. The van der Waals surface area contributed by atoms with E-state index in [9.17, 15) is 19.2 Å². The van der Waals surface area contributed by atoms with Gasteiger partial charge in [-0.3, -0.25) is 19.0 Å². The topological polar surface area (TPSA) is 87.4 Å². The molecule has 0 spiro atoms. The van der Waals surface area contributed by atoms with E-state index >= 15 is 0 Å². The fourth-order valence-corrected chi connectivity index (χ4v) is 1.49. The lowest BCUT2D eigenvalue weighted by Crippen LogP contribution is -2.39. The van der Waals surface area contributed by atoms with Crippen LogP contribution >= 0.6 is 0 Å². The quantitative estimate of drug-likeness (QED) is 0.647. The standard InChI is InChI=1S/C12H16N2O5/c1-3-19-11(17)5-4-9(15)8-14-10(16)6-7-13(2)12(14)18/h6-7H,3-5,8H2,1-2H3. The molecule has 0 unspecified atom stereocenters. The number of nitrogens with zero attached hydrogens (tertiary/aromatic N) is 2. The summed E-state index contributed by atoms with van der Waals surface area (Å²) in [6, 6.07) is 1.21. The van der Waals surface area contributed by atoms with Crippen LogP contribution in [0.4, 0.5) is 0 Å². The summed E-state index contributed by atoms with van der Waals surface area (Å²) in [4.78, 5) is 45.8. The number of carbonyl (C=O) groups excluding carboxylic acids is 2. The first kappa shape index (κ1) is 14.9. The highest BCUT2D eigenvalue weighted by molar-refractivity contribution is 5.82. The zero-order valence-corrected chi connectivity index (χ0v) is 10.9. The Morgan fingerprint density at radius 2 is 1.95 bits per heavy atom. The largest absolute Gasteiger partial charge is 0.466 e. The van der Waals surface area contributed by atoms with Crippen LogP contribution < -0.4 is 11.2 Å². The van der Waals surface area contributed by atoms with Crippen molar-refractivity contribution >= 4 is 11.8 Å². The second-order valence-corrected chi connectivity index (χ2v) is 3.98. The number of ether oxygens (including phenoxy) is 1. The van der Waals surface area contributed by atoms with E-state index < -0.39 is 17.2 Å². The fraction of sp³-hybridized carbons (Fsp3) is 0.500. The van der Waals surface area contributed by atoms with Crippen LogP contribution in [0.5, 0.6) is 0 Å². The molecule has 1 aromatic heterocycles. The van der Waals surface area contributed by atoms with Crippen LogP contribution in [0.15, 0.2) is 21.9 Å². The van der Waals surface area contributed by atoms with E-state index in [0.717, 1.165) is 4.57 Å². The summed E-state index contributed by atoms with van der Waals surface area (Å²) >= 11 is 0. The fourth-order valence-electron chi connectivity index (χ4n) is 1.49. The van der Waals surface area contributed by atoms with Crippen molar-refractivity contribution < 1.29 is 14.3 Å². The lowest BCUT2D eigenvalue weighted by Gasteiger charge is -2.05. The molecule has 0 fully saturated rings. The molecule has 104 valence electrons. The Kier molecular flexibility index (Phi) is 5.23. The van der Waals surface area contributed by atoms with Crippen molar-refractivity contribution in [2.24, 2.45) is 7.05 Å². The van der Waals surface area contributed by atoms with Gasteiger partial charge in [0.15, 0.2) is 5.78 Å². The van der Waals surface area contributed by atoms with Crippen LogP contribution in [0.1, 0.15) is 19.8 Å². The molecule has 1 aromatic rings. The molecule has 0 radical (unpaired) electrons. The zero-order valence-electron chi connectivity index (χ0n) is 10.9. The first-order valence-corrected chi connectivity index (χ1v) is 5.89. The van der Waals surface area contributed by atoms with Crippen molar-refractivity contribution in [1.29, 1.82) is 0 Å². The van der Waals surface area contributed by atoms with E-state index in [1.807, 2.05) is 0 Å². The Morgan fingerprint density at radius 1 is 1.26 bits per heavy atom. The van der Waals surface area contributed by atoms with E-state index in [1.54, 1.807) is 6.92 Å². The lowest BCUT2D eigenvalue weighted by atomic mass is 10.2. The van der Waals surface area contributed by atoms with Gasteiger partial charge in [-0.1, -0.05) is 0 Å². The molecule has 1 rings (SSSR count). The molecule has 0 amide bonds. The van der Waals surface area contributed by atoms with Gasteiger partial charge >= 0.3 is 11.7 Å². The van der Waals surface area contributed by atoms with Crippen molar-refractivity contribution in [3.05, 3.63) is 33.1 Å². The molecule has 7 nitrogen and oxygen atoms in total. The van der Waals surface area contributed by atoms with Crippen LogP contribution in [0.25, 0.3) is 0 Å². The summed E-state index contributed by atoms with van der Waals surface area (Å²) in [5.41, 5.74) is -1.09. The molecule has 0 saturated heterocycles. The third kappa shape index (κ3) is 4.20. The first-order chi connectivity index (χ1) is 8.95. The van der Waals surface area contributed by atoms with Gasteiger partial charge in [-0.2, -0.15) is 0 Å². The molecular formula is C12H16N2O5. The van der Waals surface area contributed by atoms with E-state index in [0.29, 0.717) is 0 Å². The van der Waals surface area contributed by atoms with E-state index in [1.165, 1.54) is 23.9 Å². The van der Waals surface area contributed by atoms with Gasteiger partial charge in [0.05, 0.1) is 19.6 Å². The van der Waals surface area contributed by atoms with Gasteiger partial charge in [-0.25, -0.2) is 4.79 Å². The molecule has 0 saturated carbocycles. The Labute approximate surface area is 109 Å². The summed E-state index contributed by atoms with van der Waals surface area (Å²) in [5, 5.41) is 0. The summed E-state index contributed by atoms with van der Waals surface area (Å²) in [7, 11) is 1.49. The highest BCUT2D eigenvalue weighted by atomic mass is 16.5. The third-order valence-electron chi connectivity index (χ3n) is 2.49. The second kappa shape index (κ2) is 6.67. The van der Waals surface area contributed by atoms with Crippen LogP contribution in [0.3, 0.4) is 0 Å². The van der Waals surface area contributed by atoms with Gasteiger partial charge in [-0.05, 0) is 6.92 Å². The van der Waals surface area contributed by atoms with Gasteiger partial charge < -0.3 is 9.30 Å². The van der Waals surface area contributed by atoms with E-state index in [4.69, 9.17) is 0 Å². The Balaban J connectivity index is 2.68. The maximum absolute atomic E-state index is 11.6. The van der Waals surface area contributed by atoms with E-state index in [2.05, 4.69) is 4.74 Å². The van der Waals surface area contributed by atoms with Crippen LogP contribution in [0.2, 0.25) is 0 Å². The Morgan fingerprint density at radius 3 is 2.58 bits per heavy atom. The number of hydrogen-bond donors (Lipinski definition) is 0. The molecule has 19 heavy (non-hydrogen) atoms. The summed E-state index contributed by atoms with van der Waals surface area (Å²) in [6.45, 7) is 1.60. The van der Waals surface area contributed by atoms with Crippen LogP contribution in [-0.4, -0.2) is 27.5 Å². The number of carbonyl (C=O) groups is 2. The number of aromatic nitrogens is 2. The number of rotatable bonds is 6. The molecule has 0 N–H and O–H groups in total. The highest BCUT2D eigenvalue weighted by Gasteiger charge is 2.11. The van der Waals surface area contributed by atoms with Crippen molar-refractivity contribution in [2.45, 2.75) is 26.3 Å². The summed E-state index contributed by atoms with van der Waals surface area (Å²) in [6.07, 6.45) is 1.24. The number of ketones is 1. The minimum Gasteiger partial charge on any atom is -0.466 e. The molecule has 0 bridgehead atoms. The Hall–Kier alpha value is -2.18. The van der Waals surface area contributed by atoms with Crippen LogP contribution in [0, 0.1) is 0 Å². The molecule has 0 aliphatic carbocycles. The van der Waals surface area contributed by atoms with Crippen molar-refractivity contribution in [3.63, 3.8) is 0 Å². The number of Topliss-reactive ketones (excluding diaryl/α,β-unsaturated/α-hetero) is 1. The first-order valence-electron chi connectivity index (χ1n) is 5.89. The van der Waals surface area contributed by atoms with Gasteiger partial charge in [0.25, 0.3) is 5.56 Å². The monoisotopic (exact) mass is 268 g/mol. The molecule has 0 aliphatic rings. The predicted molar refractivity (Wildman–Crippen MR) is 66.8 cm³/mol. The Bertz CT molecular complexity index is 585. The smallest absolute Gasteiger partial charge is 0.331 e. The molecule has 0 aromatic carbocycles.